The van der Waals surface area contributed by atoms with Gasteiger partial charge in [0.1, 0.15) is 17.5 Å². The van der Waals surface area contributed by atoms with Crippen LogP contribution in [0.5, 0.6) is 5.75 Å². The van der Waals surface area contributed by atoms with Crippen LogP contribution in [0.4, 0.5) is 13.2 Å². The Bertz CT molecular complexity index is 917. The summed E-state index contributed by atoms with van der Waals surface area (Å²) in [6, 6.07) is 2.91. The third-order valence-electron chi connectivity index (χ3n) is 6.04. The summed E-state index contributed by atoms with van der Waals surface area (Å²) in [5, 5.41) is 29.7. The van der Waals surface area contributed by atoms with Gasteiger partial charge in [-0.3, -0.25) is 0 Å². The molecule has 1 aromatic heterocycles. The molecular weight excluding hydrogens is 383 g/mol. The lowest BCUT2D eigenvalue weighted by molar-refractivity contribution is -0.137. The highest BCUT2D eigenvalue weighted by molar-refractivity contribution is 5.71. The molecule has 2 heterocycles. The number of aromatic nitrogens is 2. The van der Waals surface area contributed by atoms with Gasteiger partial charge in [-0.15, -0.1) is 5.10 Å². The van der Waals surface area contributed by atoms with Crippen molar-refractivity contribution >= 4 is 0 Å². The fourth-order valence-electron chi connectivity index (χ4n) is 4.56. The lowest BCUT2D eigenvalue weighted by atomic mass is 9.88. The van der Waals surface area contributed by atoms with E-state index in [-0.39, 0.29) is 11.5 Å². The Labute approximate surface area is 167 Å². The number of aliphatic hydroxyl groups excluding tert-OH is 1. The van der Waals surface area contributed by atoms with Crippen LogP contribution in [0.2, 0.25) is 0 Å². The van der Waals surface area contributed by atoms with Crippen LogP contribution < -0.4 is 0 Å². The topological polar surface area (TPSA) is 69.5 Å². The van der Waals surface area contributed by atoms with Crippen molar-refractivity contribution in [2.75, 3.05) is 20.1 Å². The number of fused-ring (bicyclic) bond motifs is 1. The Hall–Kier alpha value is -2.19. The molecule has 1 aliphatic heterocycles. The minimum atomic E-state index is -4.52. The smallest absolute Gasteiger partial charge is 0.416 e. The molecule has 1 saturated heterocycles. The Morgan fingerprint density at radius 2 is 1.90 bits per heavy atom. The van der Waals surface area contributed by atoms with Crippen molar-refractivity contribution in [3.05, 3.63) is 40.6 Å². The van der Waals surface area contributed by atoms with Gasteiger partial charge in [-0.1, -0.05) is 0 Å². The predicted octanol–water partition coefficient (Wildman–Crippen LogP) is 3.73. The number of benzene rings is 1. The van der Waals surface area contributed by atoms with E-state index in [1.807, 2.05) is 7.05 Å². The number of alkyl halides is 3. The summed E-state index contributed by atoms with van der Waals surface area (Å²) in [4.78, 5) is 2.19. The average molecular weight is 407 g/mol. The molecule has 2 aromatic rings. The molecule has 2 atom stereocenters. The molecule has 156 valence electrons. The molecule has 4 rings (SSSR count). The Kier molecular flexibility index (Phi) is 5.25. The SMILES string of the molecule is CN1CCC[C@@H]([C@@H](O)c2nnc(-c3ccc(C(F)(F)F)cc3O)c3c2CCC3)C1. The molecule has 29 heavy (non-hydrogen) atoms. The van der Waals surface area contributed by atoms with Crippen LogP contribution in [0.3, 0.4) is 0 Å². The van der Waals surface area contributed by atoms with E-state index in [0.717, 1.165) is 62.0 Å². The number of rotatable bonds is 3. The maximum Gasteiger partial charge on any atom is 0.416 e. The first-order chi connectivity index (χ1) is 13.8. The number of hydrogen-bond acceptors (Lipinski definition) is 5. The van der Waals surface area contributed by atoms with Gasteiger partial charge in [-0.05, 0) is 75.0 Å². The van der Waals surface area contributed by atoms with Crippen LogP contribution in [-0.4, -0.2) is 45.4 Å². The molecule has 0 spiro atoms. The molecule has 0 amide bonds. The summed E-state index contributed by atoms with van der Waals surface area (Å²) >= 11 is 0. The van der Waals surface area contributed by atoms with E-state index in [2.05, 4.69) is 15.1 Å². The zero-order valence-corrected chi connectivity index (χ0v) is 16.2. The fourth-order valence-corrected chi connectivity index (χ4v) is 4.56. The highest BCUT2D eigenvalue weighted by Crippen LogP contribution is 2.41. The summed E-state index contributed by atoms with van der Waals surface area (Å²) in [6.07, 6.45) is -0.993. The van der Waals surface area contributed by atoms with Crippen molar-refractivity contribution in [2.45, 2.75) is 44.4 Å². The van der Waals surface area contributed by atoms with E-state index in [0.29, 0.717) is 17.8 Å². The largest absolute Gasteiger partial charge is 0.507 e. The van der Waals surface area contributed by atoms with Crippen molar-refractivity contribution in [3.8, 4) is 17.0 Å². The first-order valence-corrected chi connectivity index (χ1v) is 9.91. The molecule has 8 heteroatoms. The molecule has 2 aliphatic rings. The van der Waals surface area contributed by atoms with E-state index in [1.54, 1.807) is 0 Å². The number of likely N-dealkylation sites (tertiary alicyclic amines) is 1. The lowest BCUT2D eigenvalue weighted by Gasteiger charge is -2.33. The highest BCUT2D eigenvalue weighted by Gasteiger charge is 2.34. The van der Waals surface area contributed by atoms with Crippen LogP contribution in [0, 0.1) is 5.92 Å². The van der Waals surface area contributed by atoms with E-state index in [4.69, 9.17) is 0 Å². The minimum Gasteiger partial charge on any atom is -0.507 e. The standard InChI is InChI=1S/C21H24F3N3O2/c1-27-9-3-4-12(11-27)20(29)19-15-6-2-5-14(15)18(25-26-19)16-8-7-13(10-17(16)28)21(22,23)24/h7-8,10,12,20,28-29H,2-6,9,11H2,1H3/t12-,20-/m1/s1. The second-order valence-electron chi connectivity index (χ2n) is 8.08. The van der Waals surface area contributed by atoms with Gasteiger partial charge in [0.25, 0.3) is 0 Å². The number of phenolic OH excluding ortho intramolecular Hbond substituents is 1. The third kappa shape index (κ3) is 3.83. The normalized spacial score (nSPS) is 21.2. The zero-order valence-electron chi connectivity index (χ0n) is 16.2. The first-order valence-electron chi connectivity index (χ1n) is 9.91. The van der Waals surface area contributed by atoms with Gasteiger partial charge in [0.05, 0.1) is 11.3 Å². The fraction of sp³-hybridized carbons (Fsp3) is 0.524. The first kappa shape index (κ1) is 20.1. The summed E-state index contributed by atoms with van der Waals surface area (Å²) in [6.45, 7) is 1.80. The lowest BCUT2D eigenvalue weighted by Crippen LogP contribution is -2.35. The Morgan fingerprint density at radius 1 is 1.14 bits per heavy atom. The summed E-state index contributed by atoms with van der Waals surface area (Å²) in [7, 11) is 2.03. The third-order valence-corrected chi connectivity index (χ3v) is 6.04. The van der Waals surface area contributed by atoms with E-state index in [9.17, 15) is 23.4 Å². The van der Waals surface area contributed by atoms with E-state index >= 15 is 0 Å². The molecule has 0 radical (unpaired) electrons. The van der Waals surface area contributed by atoms with Crippen LogP contribution in [-0.2, 0) is 19.0 Å². The van der Waals surface area contributed by atoms with Crippen molar-refractivity contribution in [1.82, 2.24) is 15.1 Å². The molecule has 5 nitrogen and oxygen atoms in total. The number of halogens is 3. The Balaban J connectivity index is 1.70. The maximum absolute atomic E-state index is 12.9. The number of aromatic hydroxyl groups is 1. The molecule has 1 aromatic carbocycles. The molecule has 0 saturated carbocycles. The number of aliphatic hydroxyl groups is 1. The second kappa shape index (κ2) is 7.57. The van der Waals surface area contributed by atoms with Gasteiger partial charge in [0.15, 0.2) is 0 Å². The van der Waals surface area contributed by atoms with Crippen molar-refractivity contribution < 1.29 is 23.4 Å². The van der Waals surface area contributed by atoms with Gasteiger partial charge >= 0.3 is 6.18 Å². The second-order valence-corrected chi connectivity index (χ2v) is 8.08. The van der Waals surface area contributed by atoms with Crippen LogP contribution in [0.1, 0.15) is 47.8 Å². The average Bonchev–Trinajstić information content (AvgIpc) is 3.16. The maximum atomic E-state index is 12.9. The molecule has 0 unspecified atom stereocenters. The molecule has 1 fully saturated rings. The van der Waals surface area contributed by atoms with Gasteiger partial charge in [0, 0.05) is 18.0 Å². The van der Waals surface area contributed by atoms with Gasteiger partial charge < -0.3 is 15.1 Å². The summed E-state index contributed by atoms with van der Waals surface area (Å²) in [5.41, 5.74) is 2.11. The number of hydrogen-bond donors (Lipinski definition) is 2. The molecule has 1 aliphatic carbocycles. The molecular formula is C21H24F3N3O2. The monoisotopic (exact) mass is 407 g/mol. The summed E-state index contributed by atoms with van der Waals surface area (Å²) < 4.78 is 38.7. The van der Waals surface area contributed by atoms with E-state index in [1.165, 1.54) is 6.07 Å². The highest BCUT2D eigenvalue weighted by atomic mass is 19.4. The van der Waals surface area contributed by atoms with E-state index < -0.39 is 23.6 Å². The van der Waals surface area contributed by atoms with Gasteiger partial charge in [-0.2, -0.15) is 18.3 Å². The molecule has 0 bridgehead atoms. The van der Waals surface area contributed by atoms with Gasteiger partial charge in [-0.25, -0.2) is 0 Å². The molecule has 2 N–H and O–H groups in total. The van der Waals surface area contributed by atoms with Crippen molar-refractivity contribution in [3.63, 3.8) is 0 Å². The van der Waals surface area contributed by atoms with Crippen molar-refractivity contribution in [1.29, 1.82) is 0 Å². The Morgan fingerprint density at radius 3 is 2.59 bits per heavy atom. The van der Waals surface area contributed by atoms with Crippen LogP contribution in [0.25, 0.3) is 11.3 Å². The quantitative estimate of drug-likeness (QED) is 0.812. The zero-order chi connectivity index (χ0) is 20.8. The number of nitrogens with zero attached hydrogens (tertiary/aromatic N) is 3. The van der Waals surface area contributed by atoms with Crippen LogP contribution >= 0.6 is 0 Å². The number of piperidine rings is 1. The number of phenols is 1. The van der Waals surface area contributed by atoms with Gasteiger partial charge in [0.2, 0.25) is 0 Å². The summed E-state index contributed by atoms with van der Waals surface area (Å²) in [5.74, 6) is -0.386. The minimum absolute atomic E-state index is 0.0815. The predicted molar refractivity (Wildman–Crippen MR) is 101 cm³/mol. The van der Waals surface area contributed by atoms with Crippen LogP contribution in [0.15, 0.2) is 18.2 Å². The van der Waals surface area contributed by atoms with Crippen molar-refractivity contribution in [2.24, 2.45) is 5.92 Å².